The molecule has 0 amide bonds. The van der Waals surface area contributed by atoms with Crippen LogP contribution in [-0.4, -0.2) is 28.6 Å². The van der Waals surface area contributed by atoms with Crippen LogP contribution in [0, 0.1) is 10.1 Å². The minimum atomic E-state index is -0.435. The normalized spacial score (nSPS) is 13.0. The summed E-state index contributed by atoms with van der Waals surface area (Å²) in [5.41, 5.74) is 4.02. The van der Waals surface area contributed by atoms with Crippen LogP contribution in [0.1, 0.15) is 17.5 Å². The molecule has 144 valence electrons. The second-order valence-corrected chi connectivity index (χ2v) is 6.47. The molecule has 0 atom stereocenters. The van der Waals surface area contributed by atoms with Gasteiger partial charge in [0.2, 0.25) is 0 Å². The van der Waals surface area contributed by atoms with E-state index in [0.717, 1.165) is 5.56 Å². The molecule has 1 N–H and O–H groups in total. The molecule has 7 heteroatoms. The van der Waals surface area contributed by atoms with Crippen LogP contribution in [0.2, 0.25) is 0 Å². The molecule has 1 heterocycles. The SMILES string of the molecule is COc1ccc(O)c(C2=Nc3ccccc3N=C(c3ccc([N+](=O)[O-])cc3)C2)c1. The number of nitro groups is 1. The molecule has 0 unspecified atom stereocenters. The molecule has 0 aliphatic carbocycles. The molecule has 0 saturated carbocycles. The molecule has 3 aromatic rings. The third kappa shape index (κ3) is 3.70. The topological polar surface area (TPSA) is 97.3 Å². The Bertz CT molecular complexity index is 1150. The fourth-order valence-electron chi connectivity index (χ4n) is 3.15. The molecule has 0 aromatic heterocycles. The van der Waals surface area contributed by atoms with Crippen LogP contribution in [-0.2, 0) is 0 Å². The Morgan fingerprint density at radius 1 is 0.966 bits per heavy atom. The number of phenolic OH excluding ortho intramolecular Hbond substituents is 1. The molecule has 7 nitrogen and oxygen atoms in total. The molecule has 0 bridgehead atoms. The largest absolute Gasteiger partial charge is 0.507 e. The fourth-order valence-corrected chi connectivity index (χ4v) is 3.15. The van der Waals surface area contributed by atoms with Gasteiger partial charge >= 0.3 is 0 Å². The van der Waals surface area contributed by atoms with Crippen molar-refractivity contribution < 1.29 is 14.8 Å². The minimum Gasteiger partial charge on any atom is -0.507 e. The summed E-state index contributed by atoms with van der Waals surface area (Å²) in [5.74, 6) is 0.693. The van der Waals surface area contributed by atoms with Crippen LogP contribution in [0.3, 0.4) is 0 Å². The molecule has 29 heavy (non-hydrogen) atoms. The van der Waals surface area contributed by atoms with Gasteiger partial charge in [0.25, 0.3) is 5.69 Å². The molecule has 0 fully saturated rings. The number of fused-ring (bicyclic) bond motifs is 1. The van der Waals surface area contributed by atoms with Gasteiger partial charge in [-0.2, -0.15) is 0 Å². The van der Waals surface area contributed by atoms with E-state index in [1.165, 1.54) is 12.1 Å². The minimum absolute atomic E-state index is 0.0164. The number of aromatic hydroxyl groups is 1. The number of phenols is 1. The first-order chi connectivity index (χ1) is 14.0. The Kier molecular flexibility index (Phi) is 4.78. The Hall–Kier alpha value is -4.00. The first-order valence-electron chi connectivity index (χ1n) is 8.91. The monoisotopic (exact) mass is 387 g/mol. The highest BCUT2D eigenvalue weighted by molar-refractivity contribution is 6.21. The average molecular weight is 387 g/mol. The lowest BCUT2D eigenvalue weighted by atomic mass is 9.99. The van der Waals surface area contributed by atoms with Gasteiger partial charge in [-0.1, -0.05) is 12.1 Å². The number of non-ortho nitro benzene ring substituents is 1. The lowest BCUT2D eigenvalue weighted by molar-refractivity contribution is -0.384. The fraction of sp³-hybridized carbons (Fsp3) is 0.0909. The van der Waals surface area contributed by atoms with Gasteiger partial charge < -0.3 is 9.84 Å². The quantitative estimate of drug-likeness (QED) is 0.506. The molecule has 0 saturated heterocycles. The zero-order chi connectivity index (χ0) is 20.4. The number of aliphatic imine (C=N–C) groups is 2. The summed E-state index contributed by atoms with van der Waals surface area (Å²) in [5, 5.41) is 21.4. The summed E-state index contributed by atoms with van der Waals surface area (Å²) in [4.78, 5) is 20.0. The van der Waals surface area contributed by atoms with E-state index in [1.54, 1.807) is 37.4 Å². The standard InChI is InChI=1S/C22H17N3O4/c1-29-16-10-11-22(26)17(12-16)21-13-20(14-6-8-15(9-7-14)25(27)28)23-18-4-2-3-5-19(18)24-21/h2-12,26H,13H2,1H3. The lowest BCUT2D eigenvalue weighted by Crippen LogP contribution is -2.10. The molecule has 1 aliphatic heterocycles. The van der Waals surface area contributed by atoms with Crippen molar-refractivity contribution in [2.24, 2.45) is 9.98 Å². The van der Waals surface area contributed by atoms with Crippen molar-refractivity contribution >= 4 is 28.5 Å². The molecular weight excluding hydrogens is 370 g/mol. The number of hydrogen-bond acceptors (Lipinski definition) is 6. The summed E-state index contributed by atoms with van der Waals surface area (Å²) in [6, 6.07) is 18.7. The van der Waals surface area contributed by atoms with E-state index >= 15 is 0 Å². The number of nitro benzene ring substituents is 1. The second kappa shape index (κ2) is 7.55. The number of para-hydroxylation sites is 2. The van der Waals surface area contributed by atoms with Crippen LogP contribution in [0.4, 0.5) is 17.1 Å². The molecule has 0 spiro atoms. The molecule has 1 aliphatic rings. The predicted octanol–water partition coefficient (Wildman–Crippen LogP) is 4.95. The third-order valence-electron chi connectivity index (χ3n) is 4.65. The summed E-state index contributed by atoms with van der Waals surface area (Å²) in [6.45, 7) is 0. The smallest absolute Gasteiger partial charge is 0.269 e. The van der Waals surface area contributed by atoms with Crippen molar-refractivity contribution in [3.8, 4) is 11.5 Å². The van der Waals surface area contributed by atoms with Gasteiger partial charge in [-0.3, -0.25) is 20.1 Å². The first kappa shape index (κ1) is 18.4. The maximum atomic E-state index is 11.0. The van der Waals surface area contributed by atoms with Crippen molar-refractivity contribution in [2.75, 3.05) is 7.11 Å². The van der Waals surface area contributed by atoms with Crippen molar-refractivity contribution in [3.63, 3.8) is 0 Å². The molecular formula is C22H17N3O4. The van der Waals surface area contributed by atoms with E-state index in [9.17, 15) is 15.2 Å². The van der Waals surface area contributed by atoms with Gasteiger partial charge in [0, 0.05) is 24.1 Å². The lowest BCUT2D eigenvalue weighted by Gasteiger charge is -2.11. The highest BCUT2D eigenvalue weighted by Crippen LogP contribution is 2.35. The van der Waals surface area contributed by atoms with Crippen LogP contribution in [0.15, 0.2) is 76.7 Å². The number of benzene rings is 3. The Labute approximate surface area is 166 Å². The van der Waals surface area contributed by atoms with Gasteiger partial charge in [0.15, 0.2) is 0 Å². The number of nitrogens with zero attached hydrogens (tertiary/aromatic N) is 3. The number of methoxy groups -OCH3 is 1. The summed E-state index contributed by atoms with van der Waals surface area (Å²) >= 11 is 0. The van der Waals surface area contributed by atoms with Gasteiger partial charge in [-0.25, -0.2) is 0 Å². The van der Waals surface area contributed by atoms with Gasteiger partial charge in [-0.15, -0.1) is 0 Å². The van der Waals surface area contributed by atoms with E-state index in [-0.39, 0.29) is 11.4 Å². The van der Waals surface area contributed by atoms with E-state index in [0.29, 0.717) is 40.5 Å². The summed E-state index contributed by atoms with van der Waals surface area (Å²) in [6.07, 6.45) is 0.340. The Balaban J connectivity index is 1.84. The van der Waals surface area contributed by atoms with Crippen molar-refractivity contribution in [1.82, 2.24) is 0 Å². The Morgan fingerprint density at radius 3 is 2.24 bits per heavy atom. The van der Waals surface area contributed by atoms with Crippen molar-refractivity contribution in [2.45, 2.75) is 6.42 Å². The van der Waals surface area contributed by atoms with Crippen LogP contribution >= 0.6 is 0 Å². The van der Waals surface area contributed by atoms with Crippen molar-refractivity contribution in [3.05, 3.63) is 88.0 Å². The predicted molar refractivity (Wildman–Crippen MR) is 111 cm³/mol. The van der Waals surface area contributed by atoms with E-state index in [1.807, 2.05) is 24.3 Å². The first-order valence-corrected chi connectivity index (χ1v) is 8.91. The molecule has 0 radical (unpaired) electrons. The molecule has 3 aromatic carbocycles. The van der Waals surface area contributed by atoms with Crippen LogP contribution < -0.4 is 4.74 Å². The second-order valence-electron chi connectivity index (χ2n) is 6.47. The van der Waals surface area contributed by atoms with E-state index in [4.69, 9.17) is 14.7 Å². The van der Waals surface area contributed by atoms with E-state index in [2.05, 4.69) is 0 Å². The maximum absolute atomic E-state index is 11.0. The highest BCUT2D eigenvalue weighted by atomic mass is 16.6. The summed E-state index contributed by atoms with van der Waals surface area (Å²) in [7, 11) is 1.56. The number of ether oxygens (including phenoxy) is 1. The van der Waals surface area contributed by atoms with Crippen LogP contribution in [0.5, 0.6) is 11.5 Å². The number of hydrogen-bond donors (Lipinski definition) is 1. The third-order valence-corrected chi connectivity index (χ3v) is 4.65. The molecule has 4 rings (SSSR count). The van der Waals surface area contributed by atoms with E-state index < -0.39 is 4.92 Å². The summed E-state index contributed by atoms with van der Waals surface area (Å²) < 4.78 is 5.29. The average Bonchev–Trinajstić information content (AvgIpc) is 2.94. The maximum Gasteiger partial charge on any atom is 0.269 e. The highest BCUT2D eigenvalue weighted by Gasteiger charge is 2.19. The van der Waals surface area contributed by atoms with Gasteiger partial charge in [0.05, 0.1) is 34.8 Å². The zero-order valence-electron chi connectivity index (χ0n) is 15.6. The number of rotatable bonds is 4. The Morgan fingerprint density at radius 2 is 1.62 bits per heavy atom. The van der Waals surface area contributed by atoms with Crippen LogP contribution in [0.25, 0.3) is 0 Å². The zero-order valence-corrected chi connectivity index (χ0v) is 15.6. The van der Waals surface area contributed by atoms with Gasteiger partial charge in [-0.05, 0) is 48.0 Å². The van der Waals surface area contributed by atoms with Crippen molar-refractivity contribution in [1.29, 1.82) is 0 Å². The van der Waals surface area contributed by atoms with Gasteiger partial charge in [0.1, 0.15) is 11.5 Å².